The van der Waals surface area contributed by atoms with Crippen LogP contribution < -0.4 is 10.2 Å². The van der Waals surface area contributed by atoms with E-state index in [0.29, 0.717) is 28.7 Å². The minimum atomic E-state index is 0.0500. The van der Waals surface area contributed by atoms with Crippen molar-refractivity contribution in [3.8, 4) is 28.6 Å². The van der Waals surface area contributed by atoms with Crippen LogP contribution in [0.25, 0.3) is 22.5 Å². The number of carbonyl (C=O) groups excluding carboxylic acids is 1. The van der Waals surface area contributed by atoms with Gasteiger partial charge in [0, 0.05) is 48.5 Å². The van der Waals surface area contributed by atoms with E-state index >= 15 is 0 Å². The van der Waals surface area contributed by atoms with E-state index in [1.807, 2.05) is 66.8 Å². The van der Waals surface area contributed by atoms with Gasteiger partial charge in [-0.15, -0.1) is 0 Å². The fourth-order valence-corrected chi connectivity index (χ4v) is 6.30. The Balaban J connectivity index is 1.16. The number of aromatic nitrogens is 6. The highest BCUT2D eigenvalue weighted by Gasteiger charge is 2.31. The van der Waals surface area contributed by atoms with Gasteiger partial charge in [-0.2, -0.15) is 15.5 Å². The zero-order chi connectivity index (χ0) is 29.6. The molecular weight excluding hydrogens is 558 g/mol. The number of hydrogen-bond donors (Lipinski definition) is 2. The van der Waals surface area contributed by atoms with Crippen molar-refractivity contribution in [3.63, 3.8) is 0 Å². The van der Waals surface area contributed by atoms with E-state index in [1.165, 1.54) is 18.0 Å². The first-order valence-corrected chi connectivity index (χ1v) is 15.2. The number of thioether (sulfide) groups is 1. The molecule has 1 saturated carbocycles. The van der Waals surface area contributed by atoms with Crippen LogP contribution in [0.15, 0.2) is 85.5 Å². The topological polar surface area (TPSA) is 128 Å². The summed E-state index contributed by atoms with van der Waals surface area (Å²) in [4.78, 5) is 24.7. The summed E-state index contributed by atoms with van der Waals surface area (Å²) in [6.45, 7) is 0. The van der Waals surface area contributed by atoms with E-state index in [2.05, 4.69) is 48.8 Å². The van der Waals surface area contributed by atoms with Gasteiger partial charge in [0.25, 0.3) is 5.24 Å². The summed E-state index contributed by atoms with van der Waals surface area (Å²) >= 11 is 1.34. The van der Waals surface area contributed by atoms with Gasteiger partial charge in [-0.1, -0.05) is 54.2 Å². The lowest BCUT2D eigenvalue weighted by Gasteiger charge is -2.37. The van der Waals surface area contributed by atoms with Gasteiger partial charge in [-0.05, 0) is 55.0 Å². The van der Waals surface area contributed by atoms with Crippen LogP contribution in [-0.2, 0) is 12.8 Å². The summed E-state index contributed by atoms with van der Waals surface area (Å²) < 4.78 is 1.78. The van der Waals surface area contributed by atoms with Gasteiger partial charge in [-0.25, -0.2) is 9.97 Å². The summed E-state index contributed by atoms with van der Waals surface area (Å²) in [5.41, 5.74) is 5.70. The van der Waals surface area contributed by atoms with Crippen molar-refractivity contribution in [1.29, 1.82) is 5.26 Å². The van der Waals surface area contributed by atoms with Crippen molar-refractivity contribution in [1.82, 2.24) is 29.9 Å². The molecule has 5 aromatic rings. The molecule has 2 N–H and O–H groups in total. The number of hydrogen-bond acceptors (Lipinski definition) is 8. The Kier molecular flexibility index (Phi) is 8.47. The van der Waals surface area contributed by atoms with E-state index in [9.17, 15) is 10.1 Å². The number of anilines is 2. The first-order chi connectivity index (χ1) is 21.1. The Morgan fingerprint density at radius 3 is 2.53 bits per heavy atom. The van der Waals surface area contributed by atoms with E-state index < -0.39 is 0 Å². The van der Waals surface area contributed by atoms with Crippen LogP contribution in [0, 0.1) is 11.3 Å². The molecular formula is C32H31N9OS. The molecule has 1 amide bonds. The molecule has 0 radical (unpaired) electrons. The van der Waals surface area contributed by atoms with Gasteiger partial charge >= 0.3 is 0 Å². The fourth-order valence-electron chi connectivity index (χ4n) is 5.43. The second-order valence-electron chi connectivity index (χ2n) is 10.5. The predicted molar refractivity (Wildman–Crippen MR) is 168 cm³/mol. The first kappa shape index (κ1) is 28.2. The molecule has 0 unspecified atom stereocenters. The molecule has 6 rings (SSSR count). The quantitative estimate of drug-likeness (QED) is 0.212. The van der Waals surface area contributed by atoms with Crippen LogP contribution in [0.3, 0.4) is 0 Å². The van der Waals surface area contributed by atoms with Gasteiger partial charge in [0.15, 0.2) is 0 Å². The maximum absolute atomic E-state index is 13.8. The third-order valence-corrected chi connectivity index (χ3v) is 8.57. The maximum atomic E-state index is 13.8. The Labute approximate surface area is 254 Å². The number of nitrogens with zero attached hydrogens (tertiary/aromatic N) is 7. The molecule has 1 aliphatic rings. The summed E-state index contributed by atoms with van der Waals surface area (Å²) in [5.74, 6) is 1.10. The minimum absolute atomic E-state index is 0.0500. The fraction of sp³-hybridized carbons (Fsp3) is 0.250. The minimum Gasteiger partial charge on any atom is -0.351 e. The maximum Gasteiger partial charge on any atom is 0.286 e. The number of rotatable bonds is 8. The highest BCUT2D eigenvalue weighted by molar-refractivity contribution is 8.13. The van der Waals surface area contributed by atoms with Gasteiger partial charge in [0.05, 0.1) is 23.7 Å². The third-order valence-electron chi connectivity index (χ3n) is 7.65. The highest BCUT2D eigenvalue weighted by Crippen LogP contribution is 2.33. The largest absolute Gasteiger partial charge is 0.351 e. The van der Waals surface area contributed by atoms with Crippen molar-refractivity contribution < 1.29 is 4.79 Å². The standard InChI is InChI=1S/C32H31N9OS/c1-40-20-25(19-36-40)23-7-11-27(12-8-23)41(32(42)43-21-22-5-3-2-4-6-22)28-13-9-26(10-14-28)37-31-34-18-24(17-33)30(38-31)29-15-16-35-39-29/h2-8,11-12,15-16,18-20,26,28H,9-10,13-14,21H2,1H3,(H,35,39)(H,34,37,38). The molecule has 0 saturated heterocycles. The molecule has 11 heteroatoms. The van der Waals surface area contributed by atoms with E-state index in [1.54, 1.807) is 16.9 Å². The summed E-state index contributed by atoms with van der Waals surface area (Å²) in [7, 11) is 1.90. The smallest absolute Gasteiger partial charge is 0.286 e. The van der Waals surface area contributed by atoms with E-state index in [-0.39, 0.29) is 17.3 Å². The van der Waals surface area contributed by atoms with Crippen molar-refractivity contribution in [2.75, 3.05) is 10.2 Å². The molecule has 1 fully saturated rings. The predicted octanol–water partition coefficient (Wildman–Crippen LogP) is 6.42. The summed E-state index contributed by atoms with van der Waals surface area (Å²) in [5, 5.41) is 24.1. The van der Waals surface area contributed by atoms with Crippen LogP contribution in [-0.4, -0.2) is 47.3 Å². The molecule has 43 heavy (non-hydrogen) atoms. The van der Waals surface area contributed by atoms with Crippen LogP contribution >= 0.6 is 11.8 Å². The number of benzene rings is 2. The number of aryl methyl sites for hydroxylation is 1. The van der Waals surface area contributed by atoms with Crippen molar-refractivity contribution in [2.45, 2.75) is 43.5 Å². The summed E-state index contributed by atoms with van der Waals surface area (Å²) in [6.07, 6.45) is 10.4. The number of carbonyl (C=O) groups is 1. The molecule has 2 aromatic carbocycles. The third kappa shape index (κ3) is 6.60. The normalized spacial score (nSPS) is 16.4. The molecule has 0 atom stereocenters. The van der Waals surface area contributed by atoms with Gasteiger partial charge in [0.2, 0.25) is 5.95 Å². The van der Waals surface area contributed by atoms with Crippen molar-refractivity contribution in [2.24, 2.45) is 7.05 Å². The van der Waals surface area contributed by atoms with Gasteiger partial charge in [-0.3, -0.25) is 14.6 Å². The van der Waals surface area contributed by atoms with Crippen molar-refractivity contribution >= 4 is 28.6 Å². The number of aromatic amines is 1. The molecule has 10 nitrogen and oxygen atoms in total. The SMILES string of the molecule is Cn1cc(-c2ccc(N(C(=O)SCc3ccccc3)C3CCC(Nc4ncc(C#N)c(-c5ccn[nH]5)n4)CC3)cc2)cn1. The Hall–Kier alpha value is -4.95. The molecule has 3 aromatic heterocycles. The van der Waals surface area contributed by atoms with E-state index in [0.717, 1.165) is 48.1 Å². The van der Waals surface area contributed by atoms with E-state index in [4.69, 9.17) is 0 Å². The zero-order valence-corrected chi connectivity index (χ0v) is 24.5. The monoisotopic (exact) mass is 589 g/mol. The summed E-state index contributed by atoms with van der Waals surface area (Å²) in [6, 6.07) is 22.4. The van der Waals surface area contributed by atoms with Crippen LogP contribution in [0.5, 0.6) is 0 Å². The van der Waals surface area contributed by atoms with Crippen molar-refractivity contribution in [3.05, 3.63) is 96.6 Å². The number of nitrogens with one attached hydrogen (secondary N) is 2. The van der Waals surface area contributed by atoms with Gasteiger partial charge in [0.1, 0.15) is 11.8 Å². The number of nitriles is 1. The molecule has 1 aliphatic carbocycles. The molecule has 0 aliphatic heterocycles. The average Bonchev–Trinajstić information content (AvgIpc) is 3.74. The first-order valence-electron chi connectivity index (χ1n) is 14.2. The highest BCUT2D eigenvalue weighted by atomic mass is 32.2. The van der Waals surface area contributed by atoms with Crippen LogP contribution in [0.2, 0.25) is 0 Å². The lowest BCUT2D eigenvalue weighted by Crippen LogP contribution is -2.43. The average molecular weight is 590 g/mol. The lowest BCUT2D eigenvalue weighted by atomic mass is 9.90. The Morgan fingerprint density at radius 1 is 1.07 bits per heavy atom. The molecule has 216 valence electrons. The second kappa shape index (κ2) is 12.9. The molecule has 0 spiro atoms. The van der Waals surface area contributed by atoms with Crippen LogP contribution in [0.1, 0.15) is 36.8 Å². The number of H-pyrrole nitrogens is 1. The second-order valence-corrected chi connectivity index (χ2v) is 11.5. The number of amides is 1. The van der Waals surface area contributed by atoms with Gasteiger partial charge < -0.3 is 10.2 Å². The lowest BCUT2D eigenvalue weighted by molar-refractivity contribution is 0.260. The van der Waals surface area contributed by atoms with Crippen LogP contribution in [0.4, 0.5) is 16.4 Å². The molecule has 3 heterocycles. The zero-order valence-electron chi connectivity index (χ0n) is 23.7. The Bertz CT molecular complexity index is 1700. The molecule has 0 bridgehead atoms. The Morgan fingerprint density at radius 2 is 1.86 bits per heavy atom.